The van der Waals surface area contributed by atoms with Crippen molar-refractivity contribution in [3.05, 3.63) is 71.1 Å². The van der Waals surface area contributed by atoms with Crippen molar-refractivity contribution in [1.82, 2.24) is 20.0 Å². The van der Waals surface area contributed by atoms with Crippen LogP contribution >= 0.6 is 0 Å². The van der Waals surface area contributed by atoms with E-state index in [-0.39, 0.29) is 6.04 Å². The van der Waals surface area contributed by atoms with E-state index in [1.807, 2.05) is 12.1 Å². The Kier molecular flexibility index (Phi) is 5.55. The number of hydrogen-bond acceptors (Lipinski definition) is 5. The van der Waals surface area contributed by atoms with Gasteiger partial charge in [0.2, 0.25) is 11.8 Å². The van der Waals surface area contributed by atoms with Crippen LogP contribution in [0.2, 0.25) is 0 Å². The van der Waals surface area contributed by atoms with Crippen molar-refractivity contribution in [2.45, 2.75) is 33.4 Å². The zero-order valence-electron chi connectivity index (χ0n) is 16.9. The topological polar surface area (TPSA) is 45.4 Å². The van der Waals surface area contributed by atoms with E-state index in [2.05, 4.69) is 77.2 Å². The van der Waals surface area contributed by atoms with Crippen LogP contribution in [-0.2, 0) is 6.54 Å². The molecule has 1 aliphatic heterocycles. The second kappa shape index (κ2) is 8.25. The molecule has 1 aromatic heterocycles. The summed E-state index contributed by atoms with van der Waals surface area (Å²) in [4.78, 5) is 4.95. The molecule has 2 aromatic carbocycles. The van der Waals surface area contributed by atoms with E-state index < -0.39 is 0 Å². The molecule has 2 heterocycles. The van der Waals surface area contributed by atoms with Crippen molar-refractivity contribution in [2.75, 3.05) is 26.2 Å². The van der Waals surface area contributed by atoms with Crippen molar-refractivity contribution in [3.8, 4) is 11.5 Å². The Morgan fingerprint density at radius 1 is 0.929 bits per heavy atom. The highest BCUT2D eigenvalue weighted by Gasteiger charge is 2.25. The average Bonchev–Trinajstić information content (AvgIpc) is 3.18. The third-order valence-corrected chi connectivity index (χ3v) is 5.51. The first-order chi connectivity index (χ1) is 13.6. The normalized spacial score (nSPS) is 17.0. The largest absolute Gasteiger partial charge is 0.419 e. The highest BCUT2D eigenvalue weighted by Crippen LogP contribution is 2.25. The minimum absolute atomic E-state index is 0.132. The Morgan fingerprint density at radius 3 is 2.36 bits per heavy atom. The van der Waals surface area contributed by atoms with Gasteiger partial charge in [-0.2, -0.15) is 0 Å². The monoisotopic (exact) mass is 376 g/mol. The van der Waals surface area contributed by atoms with Crippen LogP contribution in [0.1, 0.15) is 35.5 Å². The quantitative estimate of drug-likeness (QED) is 0.667. The molecule has 5 heteroatoms. The van der Waals surface area contributed by atoms with Crippen LogP contribution in [0.5, 0.6) is 0 Å². The van der Waals surface area contributed by atoms with Gasteiger partial charge in [0, 0.05) is 38.3 Å². The lowest BCUT2D eigenvalue weighted by Crippen LogP contribution is -2.46. The first-order valence-electron chi connectivity index (χ1n) is 10.0. The van der Waals surface area contributed by atoms with Crippen LogP contribution in [-0.4, -0.2) is 46.2 Å². The molecule has 4 rings (SSSR count). The molecule has 28 heavy (non-hydrogen) atoms. The summed E-state index contributed by atoms with van der Waals surface area (Å²) in [6.45, 7) is 11.5. The number of rotatable bonds is 5. The summed E-state index contributed by atoms with van der Waals surface area (Å²) in [6.07, 6.45) is 0. The lowest BCUT2D eigenvalue weighted by molar-refractivity contribution is 0.0876. The van der Waals surface area contributed by atoms with Crippen molar-refractivity contribution in [3.63, 3.8) is 0 Å². The van der Waals surface area contributed by atoms with Gasteiger partial charge in [-0.05, 0) is 38.5 Å². The molecule has 5 nitrogen and oxygen atoms in total. The molecule has 0 saturated carbocycles. The first-order valence-corrected chi connectivity index (χ1v) is 10.0. The summed E-state index contributed by atoms with van der Waals surface area (Å²) in [5.74, 6) is 1.30. The SMILES string of the molecule is Cc1cccc(CN2CCN([C@H](C)c3nnc(-c4cccc(C)c4)o3)CC2)c1. The Hall–Kier alpha value is -2.50. The molecule has 0 radical (unpaired) electrons. The minimum atomic E-state index is 0.132. The summed E-state index contributed by atoms with van der Waals surface area (Å²) >= 11 is 0. The maximum atomic E-state index is 6.00. The van der Waals surface area contributed by atoms with E-state index in [9.17, 15) is 0 Å². The van der Waals surface area contributed by atoms with Gasteiger partial charge in [0.1, 0.15) is 0 Å². The van der Waals surface area contributed by atoms with E-state index in [4.69, 9.17) is 4.42 Å². The van der Waals surface area contributed by atoms with Gasteiger partial charge < -0.3 is 4.42 Å². The third-order valence-electron chi connectivity index (χ3n) is 5.51. The first kappa shape index (κ1) is 18.8. The molecule has 146 valence electrons. The van der Waals surface area contributed by atoms with Gasteiger partial charge in [-0.15, -0.1) is 10.2 Å². The van der Waals surface area contributed by atoms with Gasteiger partial charge in [-0.3, -0.25) is 9.80 Å². The lowest BCUT2D eigenvalue weighted by Gasteiger charge is -2.36. The maximum Gasteiger partial charge on any atom is 0.247 e. The number of nitrogens with zero attached hydrogens (tertiary/aromatic N) is 4. The zero-order chi connectivity index (χ0) is 19.5. The van der Waals surface area contributed by atoms with Crippen LogP contribution in [0.25, 0.3) is 11.5 Å². The smallest absolute Gasteiger partial charge is 0.247 e. The Labute approximate surface area is 167 Å². The van der Waals surface area contributed by atoms with Gasteiger partial charge in [-0.1, -0.05) is 47.5 Å². The van der Waals surface area contributed by atoms with E-state index in [0.717, 1.165) is 38.3 Å². The Balaban J connectivity index is 1.36. The van der Waals surface area contributed by atoms with Crippen LogP contribution in [0.3, 0.4) is 0 Å². The van der Waals surface area contributed by atoms with Crippen molar-refractivity contribution < 1.29 is 4.42 Å². The van der Waals surface area contributed by atoms with E-state index >= 15 is 0 Å². The number of hydrogen-bond donors (Lipinski definition) is 0. The molecule has 0 aliphatic carbocycles. The van der Waals surface area contributed by atoms with Crippen LogP contribution in [0.15, 0.2) is 52.9 Å². The van der Waals surface area contributed by atoms with Gasteiger partial charge in [0.15, 0.2) is 0 Å². The van der Waals surface area contributed by atoms with Gasteiger partial charge in [0.05, 0.1) is 6.04 Å². The van der Waals surface area contributed by atoms with Crippen molar-refractivity contribution in [2.24, 2.45) is 0 Å². The van der Waals surface area contributed by atoms with Crippen LogP contribution in [0, 0.1) is 13.8 Å². The lowest BCUT2D eigenvalue weighted by atomic mass is 10.1. The summed E-state index contributed by atoms with van der Waals surface area (Å²) in [5.41, 5.74) is 4.88. The predicted octanol–water partition coefficient (Wildman–Crippen LogP) is 4.23. The molecule has 1 atom stereocenters. The fourth-order valence-electron chi connectivity index (χ4n) is 3.83. The van der Waals surface area contributed by atoms with E-state index in [1.54, 1.807) is 0 Å². The second-order valence-corrected chi connectivity index (χ2v) is 7.79. The Bertz CT molecular complexity index is 928. The summed E-state index contributed by atoms with van der Waals surface area (Å²) in [7, 11) is 0. The molecular weight excluding hydrogens is 348 g/mol. The molecule has 0 amide bonds. The maximum absolute atomic E-state index is 6.00. The third kappa shape index (κ3) is 4.32. The summed E-state index contributed by atoms with van der Waals surface area (Å²) in [6, 6.07) is 17.1. The van der Waals surface area contributed by atoms with Gasteiger partial charge >= 0.3 is 0 Å². The molecule has 0 bridgehead atoms. The number of benzene rings is 2. The summed E-state index contributed by atoms with van der Waals surface area (Å²) in [5, 5.41) is 8.59. The van der Waals surface area contributed by atoms with E-state index in [0.29, 0.717) is 11.8 Å². The van der Waals surface area contributed by atoms with Gasteiger partial charge in [0.25, 0.3) is 0 Å². The predicted molar refractivity (Wildman–Crippen MR) is 111 cm³/mol. The molecular formula is C23H28N4O. The molecule has 1 saturated heterocycles. The molecule has 0 unspecified atom stereocenters. The minimum Gasteiger partial charge on any atom is -0.419 e. The Morgan fingerprint density at radius 2 is 1.64 bits per heavy atom. The number of aryl methyl sites for hydroxylation is 2. The highest BCUT2D eigenvalue weighted by atomic mass is 16.4. The highest BCUT2D eigenvalue weighted by molar-refractivity contribution is 5.53. The zero-order valence-corrected chi connectivity index (χ0v) is 16.9. The summed E-state index contributed by atoms with van der Waals surface area (Å²) < 4.78 is 6.00. The van der Waals surface area contributed by atoms with Crippen molar-refractivity contribution in [1.29, 1.82) is 0 Å². The van der Waals surface area contributed by atoms with Crippen LogP contribution in [0.4, 0.5) is 0 Å². The molecule has 1 aliphatic rings. The fraction of sp³-hybridized carbons (Fsp3) is 0.391. The van der Waals surface area contributed by atoms with Gasteiger partial charge in [-0.25, -0.2) is 0 Å². The van der Waals surface area contributed by atoms with Crippen LogP contribution < -0.4 is 0 Å². The average molecular weight is 377 g/mol. The number of piperazine rings is 1. The van der Waals surface area contributed by atoms with E-state index in [1.165, 1.54) is 16.7 Å². The number of aromatic nitrogens is 2. The fourth-order valence-corrected chi connectivity index (χ4v) is 3.83. The molecule has 3 aromatic rings. The standard InChI is InChI=1S/C23H28N4O/c1-17-6-4-8-20(14-17)16-26-10-12-27(13-11-26)19(3)22-24-25-23(28-22)21-9-5-7-18(2)15-21/h4-9,14-15,19H,10-13,16H2,1-3H3/t19-/m1/s1. The molecule has 0 N–H and O–H groups in total. The molecule has 1 fully saturated rings. The second-order valence-electron chi connectivity index (χ2n) is 7.79. The van der Waals surface area contributed by atoms with Crippen molar-refractivity contribution >= 4 is 0 Å². The molecule has 0 spiro atoms.